The molecule has 0 radical (unpaired) electrons. The second kappa shape index (κ2) is 7.45. The molecule has 3 amide bonds. The van der Waals surface area contributed by atoms with Crippen LogP contribution in [0.5, 0.6) is 0 Å². The molecule has 1 rings (SSSR count). The monoisotopic (exact) mass is 271 g/mol. The SMILES string of the molecule is CCNC(=O)NC(=O)C(C)N(C)C1CCCCC1O. The van der Waals surface area contributed by atoms with Crippen LogP contribution in [0.15, 0.2) is 0 Å². The van der Waals surface area contributed by atoms with E-state index in [4.69, 9.17) is 0 Å². The third kappa shape index (κ3) is 4.47. The lowest BCUT2D eigenvalue weighted by molar-refractivity contribution is -0.126. The van der Waals surface area contributed by atoms with Crippen LogP contribution in [0.2, 0.25) is 0 Å². The first-order chi connectivity index (χ1) is 8.97. The average molecular weight is 271 g/mol. The highest BCUT2D eigenvalue weighted by atomic mass is 16.3. The van der Waals surface area contributed by atoms with Crippen LogP contribution in [-0.4, -0.2) is 53.7 Å². The zero-order valence-corrected chi connectivity index (χ0v) is 12.0. The molecule has 0 aromatic heterocycles. The van der Waals surface area contributed by atoms with Crippen molar-refractivity contribution < 1.29 is 14.7 Å². The quantitative estimate of drug-likeness (QED) is 0.693. The summed E-state index contributed by atoms with van der Waals surface area (Å²) in [4.78, 5) is 25.1. The summed E-state index contributed by atoms with van der Waals surface area (Å²) in [5, 5.41) is 14.8. The van der Waals surface area contributed by atoms with Crippen LogP contribution in [0.1, 0.15) is 39.5 Å². The van der Waals surface area contributed by atoms with Crippen molar-refractivity contribution >= 4 is 11.9 Å². The summed E-state index contributed by atoms with van der Waals surface area (Å²) in [5.74, 6) is -0.341. The number of urea groups is 1. The van der Waals surface area contributed by atoms with Crippen molar-refractivity contribution in [1.29, 1.82) is 0 Å². The average Bonchev–Trinajstić information content (AvgIpc) is 2.37. The summed E-state index contributed by atoms with van der Waals surface area (Å²) >= 11 is 0. The Hall–Kier alpha value is -1.14. The Labute approximate surface area is 114 Å². The second-order valence-corrected chi connectivity index (χ2v) is 5.11. The van der Waals surface area contributed by atoms with E-state index < -0.39 is 18.2 Å². The summed E-state index contributed by atoms with van der Waals surface area (Å²) in [6.07, 6.45) is 3.37. The number of nitrogens with one attached hydrogen (secondary N) is 2. The lowest BCUT2D eigenvalue weighted by atomic mass is 9.91. The van der Waals surface area contributed by atoms with E-state index in [1.807, 2.05) is 11.9 Å². The molecule has 3 atom stereocenters. The van der Waals surface area contributed by atoms with Crippen LogP contribution in [0, 0.1) is 0 Å². The fourth-order valence-corrected chi connectivity index (χ4v) is 2.46. The van der Waals surface area contributed by atoms with E-state index in [9.17, 15) is 14.7 Å². The molecule has 0 aromatic carbocycles. The van der Waals surface area contributed by atoms with Crippen molar-refractivity contribution in [3.8, 4) is 0 Å². The number of carbonyl (C=O) groups is 2. The van der Waals surface area contributed by atoms with Gasteiger partial charge in [0.2, 0.25) is 5.91 Å². The number of hydrogen-bond donors (Lipinski definition) is 3. The Morgan fingerprint density at radius 2 is 2.00 bits per heavy atom. The molecule has 1 aliphatic carbocycles. The molecular formula is C13H25N3O3. The molecule has 3 N–H and O–H groups in total. The van der Waals surface area contributed by atoms with E-state index in [1.54, 1.807) is 13.8 Å². The van der Waals surface area contributed by atoms with Gasteiger partial charge in [0.25, 0.3) is 0 Å². The van der Waals surface area contributed by atoms with Crippen LogP contribution in [0.25, 0.3) is 0 Å². The van der Waals surface area contributed by atoms with Gasteiger partial charge in [0.1, 0.15) is 0 Å². The molecule has 0 aromatic rings. The van der Waals surface area contributed by atoms with Crippen molar-refractivity contribution in [2.24, 2.45) is 0 Å². The normalized spacial score (nSPS) is 24.9. The third-order valence-corrected chi connectivity index (χ3v) is 3.78. The van der Waals surface area contributed by atoms with Gasteiger partial charge >= 0.3 is 6.03 Å². The zero-order valence-electron chi connectivity index (χ0n) is 12.0. The van der Waals surface area contributed by atoms with Crippen molar-refractivity contribution in [3.63, 3.8) is 0 Å². The summed E-state index contributed by atoms with van der Waals surface area (Å²) < 4.78 is 0. The molecule has 1 aliphatic rings. The van der Waals surface area contributed by atoms with Crippen molar-refractivity contribution in [2.45, 2.75) is 57.7 Å². The Balaban J connectivity index is 2.52. The molecule has 3 unspecified atom stereocenters. The number of likely N-dealkylation sites (N-methyl/N-ethyl adjacent to an activating group) is 1. The fourth-order valence-electron chi connectivity index (χ4n) is 2.46. The van der Waals surface area contributed by atoms with Crippen molar-refractivity contribution in [2.75, 3.05) is 13.6 Å². The number of hydrogen-bond acceptors (Lipinski definition) is 4. The largest absolute Gasteiger partial charge is 0.391 e. The molecule has 0 bridgehead atoms. The van der Waals surface area contributed by atoms with Gasteiger partial charge in [-0.05, 0) is 33.7 Å². The number of imide groups is 1. The number of aliphatic hydroxyl groups is 1. The molecule has 0 aliphatic heterocycles. The summed E-state index contributed by atoms with van der Waals surface area (Å²) in [7, 11) is 1.82. The molecule has 0 spiro atoms. The number of amides is 3. The van der Waals surface area contributed by atoms with Gasteiger partial charge in [0, 0.05) is 12.6 Å². The lowest BCUT2D eigenvalue weighted by Crippen LogP contribution is -2.54. The fraction of sp³-hybridized carbons (Fsp3) is 0.846. The van der Waals surface area contributed by atoms with Gasteiger partial charge in [-0.15, -0.1) is 0 Å². The van der Waals surface area contributed by atoms with Crippen LogP contribution in [-0.2, 0) is 4.79 Å². The Morgan fingerprint density at radius 1 is 1.37 bits per heavy atom. The number of aliphatic hydroxyl groups excluding tert-OH is 1. The van der Waals surface area contributed by atoms with Gasteiger partial charge in [0.15, 0.2) is 0 Å². The predicted octanol–water partition coefficient (Wildman–Crippen LogP) is 0.456. The lowest BCUT2D eigenvalue weighted by Gasteiger charge is -2.37. The first-order valence-corrected chi connectivity index (χ1v) is 6.96. The summed E-state index contributed by atoms with van der Waals surface area (Å²) in [6, 6.07) is -0.930. The number of carbonyl (C=O) groups excluding carboxylic acids is 2. The highest BCUT2D eigenvalue weighted by Gasteiger charge is 2.31. The highest BCUT2D eigenvalue weighted by Crippen LogP contribution is 2.23. The molecule has 0 saturated heterocycles. The number of rotatable bonds is 4. The molecule has 6 nitrogen and oxygen atoms in total. The van der Waals surface area contributed by atoms with Crippen LogP contribution >= 0.6 is 0 Å². The Morgan fingerprint density at radius 3 is 2.58 bits per heavy atom. The topological polar surface area (TPSA) is 81.7 Å². The van der Waals surface area contributed by atoms with Crippen LogP contribution in [0.3, 0.4) is 0 Å². The molecule has 19 heavy (non-hydrogen) atoms. The van der Waals surface area contributed by atoms with Gasteiger partial charge in [-0.1, -0.05) is 12.8 Å². The third-order valence-electron chi connectivity index (χ3n) is 3.78. The minimum atomic E-state index is -0.475. The van der Waals surface area contributed by atoms with E-state index >= 15 is 0 Å². The zero-order chi connectivity index (χ0) is 14.4. The van der Waals surface area contributed by atoms with Gasteiger partial charge in [-0.25, -0.2) is 4.79 Å². The first kappa shape index (κ1) is 15.9. The maximum atomic E-state index is 11.9. The van der Waals surface area contributed by atoms with Crippen LogP contribution < -0.4 is 10.6 Å². The molecular weight excluding hydrogens is 246 g/mol. The predicted molar refractivity (Wildman–Crippen MR) is 72.7 cm³/mol. The van der Waals surface area contributed by atoms with Gasteiger partial charge in [0.05, 0.1) is 12.1 Å². The first-order valence-electron chi connectivity index (χ1n) is 6.96. The maximum Gasteiger partial charge on any atom is 0.321 e. The molecule has 6 heteroatoms. The smallest absolute Gasteiger partial charge is 0.321 e. The molecule has 0 heterocycles. The van der Waals surface area contributed by atoms with Crippen molar-refractivity contribution in [1.82, 2.24) is 15.5 Å². The minimum absolute atomic E-state index is 0.0104. The highest BCUT2D eigenvalue weighted by molar-refractivity contribution is 5.96. The Bertz CT molecular complexity index is 322. The minimum Gasteiger partial charge on any atom is -0.391 e. The molecule has 1 fully saturated rings. The second-order valence-electron chi connectivity index (χ2n) is 5.11. The van der Waals surface area contributed by atoms with E-state index in [0.29, 0.717) is 6.54 Å². The molecule has 110 valence electrons. The van der Waals surface area contributed by atoms with E-state index in [2.05, 4.69) is 10.6 Å². The van der Waals surface area contributed by atoms with E-state index in [0.717, 1.165) is 25.7 Å². The van der Waals surface area contributed by atoms with Crippen molar-refractivity contribution in [3.05, 3.63) is 0 Å². The van der Waals surface area contributed by atoms with Gasteiger partial charge in [-0.2, -0.15) is 0 Å². The standard InChI is InChI=1S/C13H25N3O3/c1-4-14-13(19)15-12(18)9(2)16(3)10-7-5-6-8-11(10)17/h9-11,17H,4-8H2,1-3H3,(H2,14,15,18,19). The van der Waals surface area contributed by atoms with Gasteiger partial charge < -0.3 is 10.4 Å². The Kier molecular flexibility index (Phi) is 6.24. The summed E-state index contributed by atoms with van der Waals surface area (Å²) in [5.41, 5.74) is 0. The van der Waals surface area contributed by atoms with E-state index in [1.165, 1.54) is 0 Å². The molecule has 1 saturated carbocycles. The summed E-state index contributed by atoms with van der Waals surface area (Å²) in [6.45, 7) is 4.01. The van der Waals surface area contributed by atoms with E-state index in [-0.39, 0.29) is 11.9 Å². The number of nitrogens with zero attached hydrogens (tertiary/aromatic N) is 1. The van der Waals surface area contributed by atoms with Crippen LogP contribution in [0.4, 0.5) is 4.79 Å². The van der Waals surface area contributed by atoms with Gasteiger partial charge in [-0.3, -0.25) is 15.0 Å². The maximum absolute atomic E-state index is 11.9.